The van der Waals surface area contributed by atoms with Crippen LogP contribution in [0.2, 0.25) is 0 Å². The van der Waals surface area contributed by atoms with Gasteiger partial charge in [-0.05, 0) is 43.5 Å². The van der Waals surface area contributed by atoms with E-state index < -0.39 is 0 Å². The second kappa shape index (κ2) is 5.83. The molecule has 1 aliphatic rings. The summed E-state index contributed by atoms with van der Waals surface area (Å²) >= 11 is 0. The molecule has 1 aromatic rings. The first-order valence-corrected chi connectivity index (χ1v) is 6.84. The van der Waals surface area contributed by atoms with E-state index in [9.17, 15) is 4.79 Å². The van der Waals surface area contributed by atoms with Gasteiger partial charge in [-0.15, -0.1) is 0 Å². The molecule has 0 radical (unpaired) electrons. The molecule has 4 N–H and O–H groups in total. The third-order valence-electron chi connectivity index (χ3n) is 4.01. The molecule has 2 rings (SSSR count). The number of carbonyl (C=O) groups excluding carboxylic acids is 1. The predicted molar refractivity (Wildman–Crippen MR) is 78.9 cm³/mol. The number of nitriles is 1. The minimum atomic E-state index is -0.241. The summed E-state index contributed by atoms with van der Waals surface area (Å²) < 4.78 is 0. The van der Waals surface area contributed by atoms with Gasteiger partial charge in [0.25, 0.3) is 0 Å². The fourth-order valence-corrected chi connectivity index (χ4v) is 2.71. The zero-order valence-corrected chi connectivity index (χ0v) is 11.7. The van der Waals surface area contributed by atoms with Gasteiger partial charge in [0.1, 0.15) is 0 Å². The van der Waals surface area contributed by atoms with Crippen LogP contribution in [-0.2, 0) is 11.2 Å². The predicted octanol–water partition coefficient (Wildman–Crippen LogP) is 1.43. The molecule has 20 heavy (non-hydrogen) atoms. The summed E-state index contributed by atoms with van der Waals surface area (Å²) in [7, 11) is 0. The Morgan fingerprint density at radius 2 is 2.25 bits per heavy atom. The van der Waals surface area contributed by atoms with Crippen molar-refractivity contribution in [2.75, 3.05) is 17.2 Å². The van der Waals surface area contributed by atoms with Crippen molar-refractivity contribution in [3.8, 4) is 6.07 Å². The molecule has 0 bridgehead atoms. The first-order valence-electron chi connectivity index (χ1n) is 6.84. The van der Waals surface area contributed by atoms with Crippen LogP contribution >= 0.6 is 0 Å². The van der Waals surface area contributed by atoms with Crippen LogP contribution in [-0.4, -0.2) is 18.5 Å². The Bertz CT molecular complexity index is 549. The molecule has 1 aliphatic heterocycles. The monoisotopic (exact) mass is 272 g/mol. The van der Waals surface area contributed by atoms with Crippen LogP contribution in [0.1, 0.15) is 25.3 Å². The van der Waals surface area contributed by atoms with Crippen LogP contribution in [0.15, 0.2) is 18.2 Å². The van der Waals surface area contributed by atoms with Crippen molar-refractivity contribution in [1.29, 1.82) is 5.26 Å². The van der Waals surface area contributed by atoms with E-state index in [1.165, 1.54) is 0 Å². The van der Waals surface area contributed by atoms with Crippen molar-refractivity contribution in [2.45, 2.75) is 32.2 Å². The molecule has 1 saturated heterocycles. The third-order valence-corrected chi connectivity index (χ3v) is 4.01. The molecule has 0 saturated carbocycles. The maximum absolute atomic E-state index is 11.4. The van der Waals surface area contributed by atoms with E-state index in [-0.39, 0.29) is 11.8 Å². The van der Waals surface area contributed by atoms with Crippen molar-refractivity contribution in [3.05, 3.63) is 23.8 Å². The Labute approximate surface area is 119 Å². The number of primary amides is 1. The first-order chi connectivity index (χ1) is 9.52. The number of carbonyl (C=O) groups is 1. The van der Waals surface area contributed by atoms with E-state index in [1.54, 1.807) is 0 Å². The summed E-state index contributed by atoms with van der Waals surface area (Å²) in [5.41, 5.74) is 13.8. The maximum atomic E-state index is 11.4. The van der Waals surface area contributed by atoms with Gasteiger partial charge in [-0.3, -0.25) is 4.79 Å². The maximum Gasteiger partial charge on any atom is 0.222 e. The first kappa shape index (κ1) is 14.2. The molecule has 2 atom stereocenters. The van der Waals surface area contributed by atoms with E-state index in [0.717, 1.165) is 24.1 Å². The van der Waals surface area contributed by atoms with E-state index in [4.69, 9.17) is 16.7 Å². The molecule has 5 heteroatoms. The van der Waals surface area contributed by atoms with Gasteiger partial charge in [0.15, 0.2) is 0 Å². The van der Waals surface area contributed by atoms with Crippen LogP contribution in [0.5, 0.6) is 0 Å². The zero-order chi connectivity index (χ0) is 14.7. The van der Waals surface area contributed by atoms with Crippen LogP contribution in [0.25, 0.3) is 0 Å². The van der Waals surface area contributed by atoms with Gasteiger partial charge < -0.3 is 16.4 Å². The third kappa shape index (κ3) is 2.85. The number of nitrogen functional groups attached to an aromatic ring is 1. The van der Waals surface area contributed by atoms with Crippen LogP contribution in [0.4, 0.5) is 11.4 Å². The lowest BCUT2D eigenvalue weighted by atomic mass is 9.92. The number of anilines is 2. The Balaban J connectivity index is 2.27. The van der Waals surface area contributed by atoms with E-state index in [0.29, 0.717) is 24.7 Å². The Kier molecular flexibility index (Phi) is 4.14. The SMILES string of the molecule is CC1CCC(C(N)=O)CN1c1ccc(N)c(CC#N)c1. The summed E-state index contributed by atoms with van der Waals surface area (Å²) in [5, 5.41) is 8.83. The van der Waals surface area contributed by atoms with Crippen molar-refractivity contribution < 1.29 is 4.79 Å². The van der Waals surface area contributed by atoms with E-state index >= 15 is 0 Å². The van der Waals surface area contributed by atoms with Gasteiger partial charge in [0.05, 0.1) is 18.4 Å². The lowest BCUT2D eigenvalue weighted by molar-refractivity contribution is -0.122. The number of amides is 1. The fraction of sp³-hybridized carbons (Fsp3) is 0.467. The minimum Gasteiger partial charge on any atom is -0.398 e. The van der Waals surface area contributed by atoms with Gasteiger partial charge in [0, 0.05) is 24.0 Å². The van der Waals surface area contributed by atoms with Crippen LogP contribution in [0.3, 0.4) is 0 Å². The topological polar surface area (TPSA) is 96.1 Å². The van der Waals surface area contributed by atoms with E-state index in [2.05, 4.69) is 17.9 Å². The molecule has 1 fully saturated rings. The molecule has 1 heterocycles. The molecule has 0 spiro atoms. The summed E-state index contributed by atoms with van der Waals surface area (Å²) in [4.78, 5) is 13.6. The average Bonchev–Trinajstić information content (AvgIpc) is 2.42. The van der Waals surface area contributed by atoms with Gasteiger partial charge in [-0.1, -0.05) is 0 Å². The molecule has 106 valence electrons. The van der Waals surface area contributed by atoms with Crippen molar-refractivity contribution in [2.24, 2.45) is 11.7 Å². The number of benzene rings is 1. The smallest absolute Gasteiger partial charge is 0.222 e. The summed E-state index contributed by atoms with van der Waals surface area (Å²) in [6.07, 6.45) is 2.07. The number of hydrogen-bond donors (Lipinski definition) is 2. The van der Waals surface area contributed by atoms with E-state index in [1.807, 2.05) is 18.2 Å². The van der Waals surface area contributed by atoms with Crippen molar-refractivity contribution >= 4 is 17.3 Å². The molecule has 0 aromatic heterocycles. The highest BCUT2D eigenvalue weighted by molar-refractivity contribution is 5.77. The van der Waals surface area contributed by atoms with Gasteiger partial charge in [-0.2, -0.15) is 5.26 Å². The molecule has 1 amide bonds. The quantitative estimate of drug-likeness (QED) is 0.813. The number of nitrogens with two attached hydrogens (primary N) is 2. The van der Waals surface area contributed by atoms with Crippen molar-refractivity contribution in [3.63, 3.8) is 0 Å². The molecule has 1 aromatic carbocycles. The standard InChI is InChI=1S/C15H20N4O/c1-10-2-3-12(15(18)20)9-19(10)13-4-5-14(17)11(8-13)6-7-16/h4-5,8,10,12H,2-3,6,9,17H2,1H3,(H2,18,20). The van der Waals surface area contributed by atoms with Crippen LogP contribution < -0.4 is 16.4 Å². The fourth-order valence-electron chi connectivity index (χ4n) is 2.71. The lowest BCUT2D eigenvalue weighted by Crippen LogP contribution is -2.45. The highest BCUT2D eigenvalue weighted by Crippen LogP contribution is 2.29. The summed E-state index contributed by atoms with van der Waals surface area (Å²) in [6.45, 7) is 2.77. The summed E-state index contributed by atoms with van der Waals surface area (Å²) in [5.74, 6) is -0.349. The Morgan fingerprint density at radius 1 is 1.50 bits per heavy atom. The molecule has 2 unspecified atom stereocenters. The number of rotatable bonds is 3. The summed E-state index contributed by atoms with van der Waals surface area (Å²) in [6, 6.07) is 8.18. The number of piperidine rings is 1. The van der Waals surface area contributed by atoms with Crippen molar-refractivity contribution in [1.82, 2.24) is 0 Å². The highest BCUT2D eigenvalue weighted by atomic mass is 16.1. The van der Waals surface area contributed by atoms with Gasteiger partial charge in [-0.25, -0.2) is 0 Å². The second-order valence-corrected chi connectivity index (χ2v) is 5.40. The number of hydrogen-bond acceptors (Lipinski definition) is 4. The average molecular weight is 272 g/mol. The normalized spacial score (nSPS) is 22.3. The highest BCUT2D eigenvalue weighted by Gasteiger charge is 2.28. The Hall–Kier alpha value is -2.22. The van der Waals surface area contributed by atoms with Crippen LogP contribution in [0, 0.1) is 17.2 Å². The zero-order valence-electron chi connectivity index (χ0n) is 11.7. The minimum absolute atomic E-state index is 0.108. The van der Waals surface area contributed by atoms with Gasteiger partial charge in [0.2, 0.25) is 5.91 Å². The lowest BCUT2D eigenvalue weighted by Gasteiger charge is -2.38. The molecular formula is C15H20N4O. The largest absolute Gasteiger partial charge is 0.398 e. The molecule has 5 nitrogen and oxygen atoms in total. The van der Waals surface area contributed by atoms with Gasteiger partial charge >= 0.3 is 0 Å². The molecule has 0 aliphatic carbocycles. The second-order valence-electron chi connectivity index (χ2n) is 5.40. The molecular weight excluding hydrogens is 252 g/mol. The number of nitrogens with zero attached hydrogens (tertiary/aromatic N) is 2. The Morgan fingerprint density at radius 3 is 2.90 bits per heavy atom.